The Morgan fingerprint density at radius 2 is 2.09 bits per heavy atom. The van der Waals surface area contributed by atoms with Crippen molar-refractivity contribution in [2.45, 2.75) is 18.9 Å². The molecular formula is C16H20ClN3O3. The quantitative estimate of drug-likeness (QED) is 0.842. The summed E-state index contributed by atoms with van der Waals surface area (Å²) < 4.78 is 4.69. The van der Waals surface area contributed by atoms with Crippen molar-refractivity contribution in [1.82, 2.24) is 9.80 Å². The Balaban J connectivity index is 1.68. The number of ether oxygens (including phenoxy) is 1. The van der Waals surface area contributed by atoms with Crippen molar-refractivity contribution in [1.29, 1.82) is 0 Å². The van der Waals surface area contributed by atoms with Crippen molar-refractivity contribution in [2.75, 3.05) is 38.6 Å². The molecule has 0 aromatic heterocycles. The van der Waals surface area contributed by atoms with Gasteiger partial charge in [-0.25, -0.2) is 9.59 Å². The largest absolute Gasteiger partial charge is 0.465 e. The third-order valence-corrected chi connectivity index (χ3v) is 4.66. The first-order valence-electron chi connectivity index (χ1n) is 7.75. The molecule has 124 valence electrons. The molecule has 23 heavy (non-hydrogen) atoms. The van der Waals surface area contributed by atoms with Crippen LogP contribution in [0.5, 0.6) is 0 Å². The van der Waals surface area contributed by atoms with Gasteiger partial charge in [0.05, 0.1) is 12.7 Å². The average molecular weight is 338 g/mol. The lowest BCUT2D eigenvalue weighted by atomic mass is 10.1. The molecule has 0 radical (unpaired) electrons. The van der Waals surface area contributed by atoms with Crippen LogP contribution in [-0.2, 0) is 4.74 Å². The monoisotopic (exact) mass is 337 g/mol. The number of anilines is 1. The number of piperazine rings is 1. The highest BCUT2D eigenvalue weighted by Gasteiger charge is 2.32. The Morgan fingerprint density at radius 3 is 2.87 bits per heavy atom. The summed E-state index contributed by atoms with van der Waals surface area (Å²) in [5, 5.41) is 3.21. The lowest BCUT2D eigenvalue weighted by Crippen LogP contribution is -2.53. The van der Waals surface area contributed by atoms with Crippen LogP contribution >= 0.6 is 11.6 Å². The zero-order valence-electron chi connectivity index (χ0n) is 13.0. The van der Waals surface area contributed by atoms with Crippen LogP contribution in [0.3, 0.4) is 0 Å². The van der Waals surface area contributed by atoms with Gasteiger partial charge in [-0.3, -0.25) is 4.90 Å². The standard InChI is InChI=1S/C16H20ClN3O3/c1-23-15(21)11-7-12(17)9-13(8-11)18-16(22)20-6-5-19-4-2-3-14(19)10-20/h7-9,14H,2-6,10H2,1H3,(H,18,22)/t14-/m1/s1. The minimum absolute atomic E-state index is 0.158. The van der Waals surface area contributed by atoms with E-state index in [0.29, 0.717) is 28.9 Å². The van der Waals surface area contributed by atoms with Crippen molar-refractivity contribution in [2.24, 2.45) is 0 Å². The van der Waals surface area contributed by atoms with Crippen LogP contribution < -0.4 is 5.32 Å². The van der Waals surface area contributed by atoms with Crippen molar-refractivity contribution in [3.8, 4) is 0 Å². The number of benzene rings is 1. The number of hydrogen-bond donors (Lipinski definition) is 1. The number of carbonyl (C=O) groups excluding carboxylic acids is 2. The number of amides is 2. The highest BCUT2D eigenvalue weighted by Crippen LogP contribution is 2.23. The number of urea groups is 1. The lowest BCUT2D eigenvalue weighted by molar-refractivity contribution is 0.0600. The highest BCUT2D eigenvalue weighted by molar-refractivity contribution is 6.31. The van der Waals surface area contributed by atoms with E-state index in [1.807, 2.05) is 4.90 Å². The predicted octanol–water partition coefficient (Wildman–Crippen LogP) is 2.44. The van der Waals surface area contributed by atoms with E-state index in [2.05, 4.69) is 15.0 Å². The summed E-state index contributed by atoms with van der Waals surface area (Å²) in [6.07, 6.45) is 2.35. The molecule has 1 aromatic rings. The molecule has 0 bridgehead atoms. The molecule has 2 aliphatic heterocycles. The highest BCUT2D eigenvalue weighted by atomic mass is 35.5. The van der Waals surface area contributed by atoms with Crippen LogP contribution in [0.15, 0.2) is 18.2 Å². The molecule has 2 amide bonds. The van der Waals surface area contributed by atoms with Gasteiger partial charge in [-0.05, 0) is 37.6 Å². The topological polar surface area (TPSA) is 61.9 Å². The van der Waals surface area contributed by atoms with Crippen LogP contribution in [0.4, 0.5) is 10.5 Å². The SMILES string of the molecule is COC(=O)c1cc(Cl)cc(NC(=O)N2CCN3CCC[C@@H]3C2)c1. The second kappa shape index (κ2) is 6.76. The molecular weight excluding hydrogens is 318 g/mol. The van der Waals surface area contributed by atoms with E-state index in [-0.39, 0.29) is 6.03 Å². The van der Waals surface area contributed by atoms with Gasteiger partial charge in [0.2, 0.25) is 0 Å². The zero-order chi connectivity index (χ0) is 16.4. The minimum atomic E-state index is -0.484. The predicted molar refractivity (Wildman–Crippen MR) is 88.0 cm³/mol. The molecule has 1 aromatic carbocycles. The number of hydrogen-bond acceptors (Lipinski definition) is 4. The first-order valence-corrected chi connectivity index (χ1v) is 8.13. The Hall–Kier alpha value is -1.79. The molecule has 7 heteroatoms. The number of rotatable bonds is 2. The summed E-state index contributed by atoms with van der Waals surface area (Å²) in [7, 11) is 1.31. The van der Waals surface area contributed by atoms with Crippen LogP contribution in [0.1, 0.15) is 23.2 Å². The van der Waals surface area contributed by atoms with E-state index in [1.165, 1.54) is 19.6 Å². The lowest BCUT2D eigenvalue weighted by Gasteiger charge is -2.37. The molecule has 2 saturated heterocycles. The van der Waals surface area contributed by atoms with E-state index in [9.17, 15) is 9.59 Å². The van der Waals surface area contributed by atoms with Gasteiger partial charge >= 0.3 is 12.0 Å². The number of carbonyl (C=O) groups is 2. The van der Waals surface area contributed by atoms with E-state index < -0.39 is 5.97 Å². The molecule has 0 unspecified atom stereocenters. The molecule has 3 rings (SSSR count). The molecule has 1 atom stereocenters. The summed E-state index contributed by atoms with van der Waals surface area (Å²) in [4.78, 5) is 28.3. The summed E-state index contributed by atoms with van der Waals surface area (Å²) in [5.74, 6) is -0.484. The van der Waals surface area contributed by atoms with Gasteiger partial charge < -0.3 is 15.0 Å². The van der Waals surface area contributed by atoms with Crippen LogP contribution in [0, 0.1) is 0 Å². The normalized spacial score (nSPS) is 21.0. The summed E-state index contributed by atoms with van der Waals surface area (Å²) in [6, 6.07) is 5.02. The molecule has 2 heterocycles. The number of nitrogens with zero attached hydrogens (tertiary/aromatic N) is 2. The van der Waals surface area contributed by atoms with Gasteiger partial charge in [-0.1, -0.05) is 11.6 Å². The number of nitrogens with one attached hydrogen (secondary N) is 1. The molecule has 1 N–H and O–H groups in total. The number of esters is 1. The fourth-order valence-corrected chi connectivity index (χ4v) is 3.51. The maximum atomic E-state index is 12.5. The van der Waals surface area contributed by atoms with Gasteiger partial charge in [-0.2, -0.15) is 0 Å². The molecule has 6 nitrogen and oxygen atoms in total. The maximum Gasteiger partial charge on any atom is 0.337 e. The van der Waals surface area contributed by atoms with Gasteiger partial charge in [-0.15, -0.1) is 0 Å². The van der Waals surface area contributed by atoms with Crippen LogP contribution in [-0.4, -0.2) is 61.1 Å². The second-order valence-electron chi connectivity index (χ2n) is 5.93. The van der Waals surface area contributed by atoms with Gasteiger partial charge in [0.25, 0.3) is 0 Å². The Morgan fingerprint density at radius 1 is 1.26 bits per heavy atom. The van der Waals surface area contributed by atoms with Crippen molar-refractivity contribution in [3.05, 3.63) is 28.8 Å². The minimum Gasteiger partial charge on any atom is -0.465 e. The number of fused-ring (bicyclic) bond motifs is 1. The third kappa shape index (κ3) is 3.59. The van der Waals surface area contributed by atoms with E-state index in [0.717, 1.165) is 26.1 Å². The summed E-state index contributed by atoms with van der Waals surface area (Å²) in [6.45, 7) is 3.51. The smallest absolute Gasteiger partial charge is 0.337 e. The number of halogens is 1. The van der Waals surface area contributed by atoms with Crippen molar-refractivity contribution < 1.29 is 14.3 Å². The van der Waals surface area contributed by atoms with Crippen molar-refractivity contribution in [3.63, 3.8) is 0 Å². The molecule has 0 saturated carbocycles. The Bertz CT molecular complexity index is 623. The second-order valence-corrected chi connectivity index (χ2v) is 6.36. The Kier molecular flexibility index (Phi) is 4.73. The first-order chi connectivity index (χ1) is 11.1. The van der Waals surface area contributed by atoms with E-state index in [4.69, 9.17) is 11.6 Å². The van der Waals surface area contributed by atoms with Crippen LogP contribution in [0.2, 0.25) is 5.02 Å². The average Bonchev–Trinajstić information content (AvgIpc) is 3.01. The van der Waals surface area contributed by atoms with E-state index >= 15 is 0 Å². The zero-order valence-corrected chi connectivity index (χ0v) is 13.8. The molecule has 2 fully saturated rings. The third-order valence-electron chi connectivity index (χ3n) is 4.44. The fraction of sp³-hybridized carbons (Fsp3) is 0.500. The molecule has 0 spiro atoms. The maximum absolute atomic E-state index is 12.5. The van der Waals surface area contributed by atoms with Crippen LogP contribution in [0.25, 0.3) is 0 Å². The summed E-state index contributed by atoms with van der Waals surface area (Å²) in [5.41, 5.74) is 0.813. The number of methoxy groups -OCH3 is 1. The first kappa shape index (κ1) is 16.1. The van der Waals surface area contributed by atoms with Gasteiger partial charge in [0.15, 0.2) is 0 Å². The Labute approximate surface area is 140 Å². The van der Waals surface area contributed by atoms with E-state index in [1.54, 1.807) is 12.1 Å². The fourth-order valence-electron chi connectivity index (χ4n) is 3.28. The molecule has 2 aliphatic rings. The summed E-state index contributed by atoms with van der Waals surface area (Å²) >= 11 is 6.01. The van der Waals surface area contributed by atoms with Gasteiger partial charge in [0.1, 0.15) is 0 Å². The molecule has 0 aliphatic carbocycles. The van der Waals surface area contributed by atoms with Gasteiger partial charge in [0, 0.05) is 36.4 Å². The van der Waals surface area contributed by atoms with Crippen molar-refractivity contribution >= 4 is 29.3 Å².